The molecule has 0 spiro atoms. The molecule has 0 unspecified atom stereocenters. The predicted octanol–water partition coefficient (Wildman–Crippen LogP) is 2.48. The predicted molar refractivity (Wildman–Crippen MR) is 82.1 cm³/mol. The molecule has 0 radical (unpaired) electrons. The summed E-state index contributed by atoms with van der Waals surface area (Å²) >= 11 is 0. The number of ether oxygens (including phenoxy) is 1. The molecule has 0 saturated carbocycles. The zero-order valence-corrected chi connectivity index (χ0v) is 11.7. The molecule has 2 aromatic rings. The highest BCUT2D eigenvalue weighted by Gasteiger charge is 2.28. The van der Waals surface area contributed by atoms with E-state index in [9.17, 15) is 4.79 Å². The maximum Gasteiger partial charge on any atom is 0.407 e. The van der Waals surface area contributed by atoms with Gasteiger partial charge in [-0.15, -0.1) is 0 Å². The van der Waals surface area contributed by atoms with Gasteiger partial charge in [0.15, 0.2) is 0 Å². The maximum atomic E-state index is 11.6. The quantitative estimate of drug-likeness (QED) is 0.905. The first-order valence-corrected chi connectivity index (χ1v) is 7.10. The minimum absolute atomic E-state index is 0.0982. The van der Waals surface area contributed by atoms with Crippen LogP contribution in [0.15, 0.2) is 48.5 Å². The van der Waals surface area contributed by atoms with Crippen molar-refractivity contribution >= 4 is 6.09 Å². The van der Waals surface area contributed by atoms with Crippen LogP contribution in [-0.2, 0) is 4.74 Å². The number of carbonyl (C=O) groups is 1. The second-order valence-electron chi connectivity index (χ2n) is 5.04. The lowest BCUT2D eigenvalue weighted by Crippen LogP contribution is -2.30. The van der Waals surface area contributed by atoms with E-state index in [2.05, 4.69) is 29.6 Å². The fourth-order valence-corrected chi connectivity index (χ4v) is 2.82. The second kappa shape index (κ2) is 5.97. The highest BCUT2D eigenvalue weighted by molar-refractivity contribution is 5.79. The minimum Gasteiger partial charge on any atom is -0.449 e. The Morgan fingerprint density at radius 3 is 2.19 bits per heavy atom. The SMILES string of the molecule is NCCNC(=O)OCC1c2ccccc2-c2ccccc21. The average Bonchev–Trinajstić information content (AvgIpc) is 2.85. The molecule has 3 rings (SSSR count). The van der Waals surface area contributed by atoms with Crippen molar-refractivity contribution in [3.05, 3.63) is 59.7 Å². The van der Waals surface area contributed by atoms with Crippen molar-refractivity contribution in [2.75, 3.05) is 19.7 Å². The summed E-state index contributed by atoms with van der Waals surface area (Å²) in [6.07, 6.45) is -0.415. The fraction of sp³-hybridized carbons (Fsp3) is 0.235. The van der Waals surface area contributed by atoms with E-state index in [1.807, 2.05) is 24.3 Å². The fourth-order valence-electron chi connectivity index (χ4n) is 2.82. The van der Waals surface area contributed by atoms with Crippen molar-refractivity contribution in [1.29, 1.82) is 0 Å². The van der Waals surface area contributed by atoms with Crippen LogP contribution in [0, 0.1) is 0 Å². The topological polar surface area (TPSA) is 64.3 Å². The number of amides is 1. The summed E-state index contributed by atoms with van der Waals surface area (Å²) in [4.78, 5) is 11.6. The van der Waals surface area contributed by atoms with E-state index >= 15 is 0 Å². The van der Waals surface area contributed by atoms with Gasteiger partial charge in [-0.2, -0.15) is 0 Å². The van der Waals surface area contributed by atoms with Gasteiger partial charge in [-0.3, -0.25) is 0 Å². The monoisotopic (exact) mass is 282 g/mol. The lowest BCUT2D eigenvalue weighted by atomic mass is 9.98. The molecule has 0 bridgehead atoms. The van der Waals surface area contributed by atoms with Crippen molar-refractivity contribution in [2.24, 2.45) is 5.73 Å². The first-order chi connectivity index (χ1) is 10.3. The van der Waals surface area contributed by atoms with Crippen molar-refractivity contribution in [2.45, 2.75) is 5.92 Å². The Balaban J connectivity index is 1.81. The molecule has 0 heterocycles. The molecule has 0 aliphatic heterocycles. The van der Waals surface area contributed by atoms with Gasteiger partial charge in [0.1, 0.15) is 6.61 Å². The lowest BCUT2D eigenvalue weighted by Gasteiger charge is -2.14. The Kier molecular flexibility index (Phi) is 3.88. The van der Waals surface area contributed by atoms with Crippen molar-refractivity contribution in [1.82, 2.24) is 5.32 Å². The number of carbonyl (C=O) groups excluding carboxylic acids is 1. The molecule has 0 atom stereocenters. The van der Waals surface area contributed by atoms with E-state index in [0.717, 1.165) is 0 Å². The lowest BCUT2D eigenvalue weighted by molar-refractivity contribution is 0.143. The van der Waals surface area contributed by atoms with E-state index < -0.39 is 6.09 Å². The van der Waals surface area contributed by atoms with E-state index in [0.29, 0.717) is 19.7 Å². The van der Waals surface area contributed by atoms with E-state index in [-0.39, 0.29) is 5.92 Å². The highest BCUT2D eigenvalue weighted by atomic mass is 16.5. The van der Waals surface area contributed by atoms with Gasteiger partial charge in [0.05, 0.1) is 0 Å². The largest absolute Gasteiger partial charge is 0.449 e. The van der Waals surface area contributed by atoms with Gasteiger partial charge in [-0.25, -0.2) is 4.79 Å². The van der Waals surface area contributed by atoms with Crippen molar-refractivity contribution in [3.63, 3.8) is 0 Å². The summed E-state index contributed by atoms with van der Waals surface area (Å²) in [6, 6.07) is 16.5. The highest BCUT2D eigenvalue weighted by Crippen LogP contribution is 2.44. The van der Waals surface area contributed by atoms with Crippen LogP contribution in [0.1, 0.15) is 17.0 Å². The summed E-state index contributed by atoms with van der Waals surface area (Å²) in [6.45, 7) is 1.17. The summed E-state index contributed by atoms with van der Waals surface area (Å²) < 4.78 is 5.34. The Hall–Kier alpha value is -2.33. The standard InChI is InChI=1S/C17H18N2O2/c18-9-10-19-17(20)21-11-16-14-7-3-1-5-12(14)13-6-2-4-8-15(13)16/h1-8,16H,9-11,18H2,(H,19,20). The summed E-state index contributed by atoms with van der Waals surface area (Å²) in [5.74, 6) is 0.0982. The molecular formula is C17H18N2O2. The van der Waals surface area contributed by atoms with Crippen LogP contribution < -0.4 is 11.1 Å². The second-order valence-corrected chi connectivity index (χ2v) is 5.04. The van der Waals surface area contributed by atoms with E-state index in [1.54, 1.807) is 0 Å². The number of benzene rings is 2. The van der Waals surface area contributed by atoms with E-state index in [1.165, 1.54) is 22.3 Å². The third-order valence-corrected chi connectivity index (χ3v) is 3.76. The maximum absolute atomic E-state index is 11.6. The summed E-state index contributed by atoms with van der Waals surface area (Å²) in [5.41, 5.74) is 10.2. The average molecular weight is 282 g/mol. The Morgan fingerprint density at radius 1 is 1.05 bits per heavy atom. The molecule has 0 saturated heterocycles. The van der Waals surface area contributed by atoms with Crippen LogP contribution in [0.25, 0.3) is 11.1 Å². The van der Waals surface area contributed by atoms with Crippen LogP contribution in [0.3, 0.4) is 0 Å². The molecule has 1 aliphatic rings. The van der Waals surface area contributed by atoms with Gasteiger partial charge >= 0.3 is 6.09 Å². The van der Waals surface area contributed by atoms with E-state index in [4.69, 9.17) is 10.5 Å². The number of rotatable bonds is 4. The Morgan fingerprint density at radius 2 is 1.62 bits per heavy atom. The summed E-state index contributed by atoms with van der Waals surface area (Å²) in [7, 11) is 0. The molecule has 1 aliphatic carbocycles. The van der Waals surface area contributed by atoms with Gasteiger partial charge in [0.2, 0.25) is 0 Å². The Bertz CT molecular complexity index is 609. The minimum atomic E-state index is -0.415. The third kappa shape index (κ3) is 2.62. The number of hydrogen-bond acceptors (Lipinski definition) is 3. The normalized spacial score (nSPS) is 12.6. The van der Waals surface area contributed by atoms with Crippen LogP contribution >= 0.6 is 0 Å². The van der Waals surface area contributed by atoms with Crippen molar-refractivity contribution in [3.8, 4) is 11.1 Å². The number of alkyl carbamates (subject to hydrolysis) is 1. The Labute approximate surface area is 123 Å². The molecule has 3 N–H and O–H groups in total. The molecule has 108 valence electrons. The van der Waals surface area contributed by atoms with Crippen LogP contribution in [0.5, 0.6) is 0 Å². The zero-order chi connectivity index (χ0) is 14.7. The smallest absolute Gasteiger partial charge is 0.407 e. The summed E-state index contributed by atoms with van der Waals surface area (Å²) in [5, 5.41) is 2.62. The number of nitrogens with one attached hydrogen (secondary N) is 1. The van der Waals surface area contributed by atoms with Gasteiger partial charge in [-0.1, -0.05) is 48.5 Å². The van der Waals surface area contributed by atoms with Gasteiger partial charge in [0.25, 0.3) is 0 Å². The van der Waals surface area contributed by atoms with Crippen LogP contribution in [-0.4, -0.2) is 25.8 Å². The van der Waals surface area contributed by atoms with Crippen LogP contribution in [0.4, 0.5) is 4.79 Å². The number of hydrogen-bond donors (Lipinski definition) is 2. The van der Waals surface area contributed by atoms with Gasteiger partial charge in [0, 0.05) is 19.0 Å². The van der Waals surface area contributed by atoms with Gasteiger partial charge < -0.3 is 15.8 Å². The molecule has 4 nitrogen and oxygen atoms in total. The molecule has 4 heteroatoms. The zero-order valence-electron chi connectivity index (χ0n) is 11.7. The first-order valence-electron chi connectivity index (χ1n) is 7.10. The van der Waals surface area contributed by atoms with Gasteiger partial charge in [-0.05, 0) is 22.3 Å². The number of fused-ring (bicyclic) bond motifs is 3. The molecule has 21 heavy (non-hydrogen) atoms. The number of nitrogens with two attached hydrogens (primary N) is 1. The molecule has 1 amide bonds. The third-order valence-electron chi connectivity index (χ3n) is 3.76. The molecule has 0 aromatic heterocycles. The molecular weight excluding hydrogens is 264 g/mol. The van der Waals surface area contributed by atoms with Crippen LogP contribution in [0.2, 0.25) is 0 Å². The molecule has 2 aromatic carbocycles. The van der Waals surface area contributed by atoms with Crippen molar-refractivity contribution < 1.29 is 9.53 Å². The molecule has 0 fully saturated rings. The first kappa shape index (κ1) is 13.6.